The lowest BCUT2D eigenvalue weighted by molar-refractivity contribution is 0.447. The molecule has 1 aliphatic heterocycles. The number of hydrogen-bond donors (Lipinski definition) is 1. The van der Waals surface area contributed by atoms with E-state index < -0.39 is 0 Å². The number of fused-ring (bicyclic) bond motifs is 1. The third-order valence-corrected chi connectivity index (χ3v) is 4.50. The average Bonchev–Trinajstić information content (AvgIpc) is 2.54. The van der Waals surface area contributed by atoms with Crippen molar-refractivity contribution in [1.82, 2.24) is 10.3 Å². The molecule has 1 atom stereocenters. The lowest BCUT2D eigenvalue weighted by atomic mass is 9.99. The fourth-order valence-electron chi connectivity index (χ4n) is 3.43. The van der Waals surface area contributed by atoms with E-state index in [9.17, 15) is 0 Å². The molecule has 3 rings (SSSR count). The largest absolute Gasteiger partial charge is 0.353 e. The standard InChI is InChI=1S/C18H25N3/c1-3-16-9-6-7-11-21(16)18-17-10-5-4-8-14(17)12-15(20-18)13-19-2/h4-5,8,10,12,16,19H,3,6-7,9,11,13H2,1-2H3. The SMILES string of the molecule is CCC1CCCCN1c1nc(CNC)cc2ccccc12. The Hall–Kier alpha value is -1.61. The number of pyridine rings is 1. The Morgan fingerprint density at radius 3 is 2.95 bits per heavy atom. The number of piperidine rings is 1. The van der Waals surface area contributed by atoms with Crippen molar-refractivity contribution in [2.75, 3.05) is 18.5 Å². The van der Waals surface area contributed by atoms with Crippen molar-refractivity contribution in [3.8, 4) is 0 Å². The van der Waals surface area contributed by atoms with Crippen molar-refractivity contribution in [2.24, 2.45) is 0 Å². The smallest absolute Gasteiger partial charge is 0.137 e. The van der Waals surface area contributed by atoms with Gasteiger partial charge in [-0.15, -0.1) is 0 Å². The lowest BCUT2D eigenvalue weighted by Gasteiger charge is -2.37. The number of nitrogens with one attached hydrogen (secondary N) is 1. The quantitative estimate of drug-likeness (QED) is 0.927. The van der Waals surface area contributed by atoms with Crippen LogP contribution in [0.1, 0.15) is 38.3 Å². The molecule has 3 nitrogen and oxygen atoms in total. The minimum atomic E-state index is 0.638. The fraction of sp³-hybridized carbons (Fsp3) is 0.500. The number of anilines is 1. The van der Waals surface area contributed by atoms with Gasteiger partial charge >= 0.3 is 0 Å². The number of benzene rings is 1. The van der Waals surface area contributed by atoms with Crippen LogP contribution in [0.4, 0.5) is 5.82 Å². The second kappa shape index (κ2) is 6.44. The van der Waals surface area contributed by atoms with Crippen molar-refractivity contribution in [3.63, 3.8) is 0 Å². The van der Waals surface area contributed by atoms with Gasteiger partial charge in [-0.3, -0.25) is 0 Å². The van der Waals surface area contributed by atoms with Crippen LogP contribution in [0.15, 0.2) is 30.3 Å². The molecule has 1 aromatic heterocycles. The number of rotatable bonds is 4. The molecular weight excluding hydrogens is 258 g/mol. The monoisotopic (exact) mass is 283 g/mol. The Bertz CT molecular complexity index is 608. The highest BCUT2D eigenvalue weighted by Crippen LogP contribution is 2.31. The van der Waals surface area contributed by atoms with Crippen LogP contribution in [-0.4, -0.2) is 24.6 Å². The summed E-state index contributed by atoms with van der Waals surface area (Å²) in [6.45, 7) is 4.25. The highest BCUT2D eigenvalue weighted by atomic mass is 15.2. The fourth-order valence-corrected chi connectivity index (χ4v) is 3.43. The van der Waals surface area contributed by atoms with Crippen molar-refractivity contribution in [1.29, 1.82) is 0 Å². The summed E-state index contributed by atoms with van der Waals surface area (Å²) in [6.07, 6.45) is 5.13. The van der Waals surface area contributed by atoms with Gasteiger partial charge in [0.1, 0.15) is 5.82 Å². The van der Waals surface area contributed by atoms with Gasteiger partial charge in [0, 0.05) is 24.5 Å². The molecule has 1 aliphatic rings. The van der Waals surface area contributed by atoms with E-state index in [1.807, 2.05) is 7.05 Å². The van der Waals surface area contributed by atoms with Gasteiger partial charge in [-0.2, -0.15) is 0 Å². The van der Waals surface area contributed by atoms with Crippen molar-refractivity contribution in [2.45, 2.75) is 45.2 Å². The molecule has 1 fully saturated rings. The summed E-state index contributed by atoms with van der Waals surface area (Å²) >= 11 is 0. The highest BCUT2D eigenvalue weighted by molar-refractivity contribution is 5.92. The maximum Gasteiger partial charge on any atom is 0.137 e. The molecule has 2 heterocycles. The summed E-state index contributed by atoms with van der Waals surface area (Å²) in [5, 5.41) is 5.81. The minimum absolute atomic E-state index is 0.638. The summed E-state index contributed by atoms with van der Waals surface area (Å²) in [7, 11) is 1.98. The number of aromatic nitrogens is 1. The van der Waals surface area contributed by atoms with Crippen LogP contribution in [0.3, 0.4) is 0 Å². The van der Waals surface area contributed by atoms with Gasteiger partial charge in [0.2, 0.25) is 0 Å². The molecule has 0 bridgehead atoms. The molecule has 0 aliphatic carbocycles. The molecule has 0 spiro atoms. The second-order valence-corrected chi connectivity index (χ2v) is 5.94. The normalized spacial score (nSPS) is 19.1. The molecule has 112 valence electrons. The predicted molar refractivity (Wildman–Crippen MR) is 89.8 cm³/mol. The molecule has 2 aromatic rings. The Labute approximate surface area is 127 Å². The lowest BCUT2D eigenvalue weighted by Crippen LogP contribution is -2.40. The average molecular weight is 283 g/mol. The highest BCUT2D eigenvalue weighted by Gasteiger charge is 2.23. The topological polar surface area (TPSA) is 28.2 Å². The minimum Gasteiger partial charge on any atom is -0.353 e. The third-order valence-electron chi connectivity index (χ3n) is 4.50. The third kappa shape index (κ3) is 2.88. The van der Waals surface area contributed by atoms with Gasteiger partial charge in [-0.05, 0) is 44.2 Å². The van der Waals surface area contributed by atoms with Gasteiger partial charge < -0.3 is 10.2 Å². The Kier molecular flexibility index (Phi) is 4.39. The predicted octanol–water partition coefficient (Wildman–Crippen LogP) is 3.72. The maximum absolute atomic E-state index is 4.98. The molecule has 1 N–H and O–H groups in total. The van der Waals surface area contributed by atoms with Crippen molar-refractivity contribution >= 4 is 16.6 Å². The van der Waals surface area contributed by atoms with Crippen molar-refractivity contribution < 1.29 is 0 Å². The van der Waals surface area contributed by atoms with E-state index in [4.69, 9.17) is 4.98 Å². The van der Waals surface area contributed by atoms with Gasteiger partial charge in [-0.25, -0.2) is 4.98 Å². The van der Waals surface area contributed by atoms with Crippen LogP contribution in [0, 0.1) is 0 Å². The molecule has 0 amide bonds. The molecule has 1 unspecified atom stereocenters. The molecule has 1 saturated heterocycles. The van der Waals surface area contributed by atoms with Crippen LogP contribution in [0.5, 0.6) is 0 Å². The Morgan fingerprint density at radius 1 is 1.29 bits per heavy atom. The zero-order chi connectivity index (χ0) is 14.7. The zero-order valence-electron chi connectivity index (χ0n) is 13.1. The summed E-state index contributed by atoms with van der Waals surface area (Å²) in [4.78, 5) is 7.52. The van der Waals surface area contributed by atoms with E-state index in [1.165, 1.54) is 42.3 Å². The second-order valence-electron chi connectivity index (χ2n) is 5.94. The van der Waals surface area contributed by atoms with Crippen LogP contribution >= 0.6 is 0 Å². The van der Waals surface area contributed by atoms with Gasteiger partial charge in [0.25, 0.3) is 0 Å². The van der Waals surface area contributed by atoms with E-state index in [1.54, 1.807) is 0 Å². The van der Waals surface area contributed by atoms with E-state index in [-0.39, 0.29) is 0 Å². The molecule has 0 saturated carbocycles. The summed E-state index contributed by atoms with van der Waals surface area (Å²) in [5.74, 6) is 1.19. The van der Waals surface area contributed by atoms with Crippen LogP contribution in [0.25, 0.3) is 10.8 Å². The first-order valence-electron chi connectivity index (χ1n) is 8.13. The maximum atomic E-state index is 4.98. The summed E-state index contributed by atoms with van der Waals surface area (Å²) in [5.41, 5.74) is 1.13. The first-order valence-corrected chi connectivity index (χ1v) is 8.13. The van der Waals surface area contributed by atoms with Gasteiger partial charge in [0.05, 0.1) is 5.69 Å². The van der Waals surface area contributed by atoms with E-state index >= 15 is 0 Å². The Balaban J connectivity index is 2.10. The zero-order valence-corrected chi connectivity index (χ0v) is 13.1. The first-order chi connectivity index (χ1) is 10.3. The number of hydrogen-bond acceptors (Lipinski definition) is 3. The van der Waals surface area contributed by atoms with E-state index in [0.29, 0.717) is 6.04 Å². The van der Waals surface area contributed by atoms with Gasteiger partial charge in [0.15, 0.2) is 0 Å². The summed E-state index contributed by atoms with van der Waals surface area (Å²) < 4.78 is 0. The van der Waals surface area contributed by atoms with E-state index in [0.717, 1.165) is 18.8 Å². The van der Waals surface area contributed by atoms with Crippen molar-refractivity contribution in [3.05, 3.63) is 36.0 Å². The number of nitrogens with zero attached hydrogens (tertiary/aromatic N) is 2. The van der Waals surface area contributed by atoms with Gasteiger partial charge in [-0.1, -0.05) is 31.2 Å². The van der Waals surface area contributed by atoms with E-state index in [2.05, 4.69) is 47.5 Å². The molecule has 21 heavy (non-hydrogen) atoms. The molecule has 0 radical (unpaired) electrons. The molecular formula is C18H25N3. The molecule has 1 aromatic carbocycles. The summed E-state index contributed by atoms with van der Waals surface area (Å²) in [6, 6.07) is 11.5. The molecule has 3 heteroatoms. The van der Waals surface area contributed by atoms with Crippen LogP contribution in [0.2, 0.25) is 0 Å². The first kappa shape index (κ1) is 14.3. The Morgan fingerprint density at radius 2 is 2.14 bits per heavy atom. The van der Waals surface area contributed by atoms with Crippen LogP contribution < -0.4 is 10.2 Å². The van der Waals surface area contributed by atoms with Crippen LogP contribution in [-0.2, 0) is 6.54 Å².